The molecule has 4 rings (SSSR count). The van der Waals surface area contributed by atoms with Crippen molar-refractivity contribution < 1.29 is 9.47 Å². The maximum atomic E-state index is 5.44. The van der Waals surface area contributed by atoms with Crippen LogP contribution in [0.4, 0.5) is 5.69 Å². The van der Waals surface area contributed by atoms with Gasteiger partial charge in [0.15, 0.2) is 17.3 Å². The highest BCUT2D eigenvalue weighted by atomic mass is 16.5. The van der Waals surface area contributed by atoms with Crippen LogP contribution in [-0.4, -0.2) is 65.5 Å². The van der Waals surface area contributed by atoms with E-state index in [4.69, 9.17) is 9.47 Å². The Balaban J connectivity index is 1.44. The molecule has 33 heavy (non-hydrogen) atoms. The number of anilines is 1. The Kier molecular flexibility index (Phi) is 7.44. The summed E-state index contributed by atoms with van der Waals surface area (Å²) in [4.78, 5) is 4.98. The van der Waals surface area contributed by atoms with Gasteiger partial charge in [0.2, 0.25) is 0 Å². The Morgan fingerprint density at radius 2 is 1.64 bits per heavy atom. The highest BCUT2D eigenvalue weighted by Gasteiger charge is 2.31. The summed E-state index contributed by atoms with van der Waals surface area (Å²) in [5.41, 5.74) is 2.45. The summed E-state index contributed by atoms with van der Waals surface area (Å²) in [6, 6.07) is 16.8. The first-order valence-corrected chi connectivity index (χ1v) is 11.6. The Morgan fingerprint density at radius 1 is 0.909 bits per heavy atom. The molecule has 1 atom stereocenters. The predicted molar refractivity (Wildman–Crippen MR) is 129 cm³/mol. The lowest BCUT2D eigenvalue weighted by Crippen LogP contribution is -2.49. The molecular weight excluding hydrogens is 416 g/mol. The van der Waals surface area contributed by atoms with Gasteiger partial charge in [-0.3, -0.25) is 4.90 Å². The van der Waals surface area contributed by atoms with Crippen LogP contribution in [0.3, 0.4) is 0 Å². The van der Waals surface area contributed by atoms with Gasteiger partial charge in [-0.15, -0.1) is 5.10 Å². The number of methoxy groups -OCH3 is 2. The van der Waals surface area contributed by atoms with E-state index in [-0.39, 0.29) is 6.04 Å². The number of ether oxygens (including phenoxy) is 2. The third-order valence-electron chi connectivity index (χ3n) is 6.34. The molecule has 2 heterocycles. The fraction of sp³-hybridized carbons (Fsp3) is 0.480. The van der Waals surface area contributed by atoms with E-state index in [1.54, 1.807) is 14.2 Å². The Hall–Kier alpha value is -3.13. The van der Waals surface area contributed by atoms with Crippen molar-refractivity contribution >= 4 is 5.69 Å². The molecule has 8 heteroatoms. The number of hydrogen-bond acceptors (Lipinski definition) is 7. The van der Waals surface area contributed by atoms with E-state index in [1.165, 1.54) is 5.69 Å². The highest BCUT2D eigenvalue weighted by molar-refractivity contribution is 5.46. The number of tetrazole rings is 1. The predicted octanol–water partition coefficient (Wildman–Crippen LogP) is 3.45. The first-order chi connectivity index (χ1) is 16.1. The lowest BCUT2D eigenvalue weighted by molar-refractivity contribution is 0.134. The minimum atomic E-state index is 0.184. The summed E-state index contributed by atoms with van der Waals surface area (Å²) in [6.45, 7) is 9.19. The molecule has 176 valence electrons. The molecule has 0 amide bonds. The number of piperazine rings is 1. The van der Waals surface area contributed by atoms with Gasteiger partial charge in [0.05, 0.1) is 20.3 Å². The fourth-order valence-electron chi connectivity index (χ4n) is 4.63. The van der Waals surface area contributed by atoms with Crippen molar-refractivity contribution in [2.24, 2.45) is 5.92 Å². The van der Waals surface area contributed by atoms with Gasteiger partial charge in [-0.2, -0.15) is 0 Å². The minimum Gasteiger partial charge on any atom is -0.493 e. The Labute approximate surface area is 196 Å². The summed E-state index contributed by atoms with van der Waals surface area (Å²) in [5, 5.41) is 12.8. The number of para-hydroxylation sites is 1. The quantitative estimate of drug-likeness (QED) is 0.495. The van der Waals surface area contributed by atoms with E-state index in [1.807, 2.05) is 16.8 Å². The lowest BCUT2D eigenvalue weighted by Gasteiger charge is -2.41. The van der Waals surface area contributed by atoms with Gasteiger partial charge in [0.1, 0.15) is 0 Å². The average Bonchev–Trinajstić information content (AvgIpc) is 3.31. The van der Waals surface area contributed by atoms with Crippen molar-refractivity contribution in [3.8, 4) is 11.5 Å². The summed E-state index contributed by atoms with van der Waals surface area (Å²) >= 11 is 0. The van der Waals surface area contributed by atoms with Crippen LogP contribution < -0.4 is 14.4 Å². The summed E-state index contributed by atoms with van der Waals surface area (Å²) in [7, 11) is 3.31. The van der Waals surface area contributed by atoms with Crippen molar-refractivity contribution in [3.05, 3.63) is 59.9 Å². The van der Waals surface area contributed by atoms with Gasteiger partial charge in [-0.05, 0) is 52.6 Å². The second-order valence-electron chi connectivity index (χ2n) is 8.75. The number of hydrogen-bond donors (Lipinski definition) is 0. The maximum absolute atomic E-state index is 5.44. The normalized spacial score (nSPS) is 15.6. The molecule has 1 aliphatic rings. The molecule has 0 bridgehead atoms. The molecule has 1 saturated heterocycles. The summed E-state index contributed by atoms with van der Waals surface area (Å²) in [5.74, 6) is 2.82. The van der Waals surface area contributed by atoms with E-state index < -0.39 is 0 Å². The van der Waals surface area contributed by atoms with Gasteiger partial charge in [-0.1, -0.05) is 38.1 Å². The van der Waals surface area contributed by atoms with Crippen molar-refractivity contribution in [2.45, 2.75) is 32.9 Å². The largest absolute Gasteiger partial charge is 0.493 e. The fourth-order valence-corrected chi connectivity index (χ4v) is 4.63. The van der Waals surface area contributed by atoms with Crippen LogP contribution in [0, 0.1) is 5.92 Å². The first kappa shape index (κ1) is 23.0. The highest BCUT2D eigenvalue weighted by Crippen LogP contribution is 2.30. The molecule has 1 aliphatic heterocycles. The Bertz CT molecular complexity index is 1010. The van der Waals surface area contributed by atoms with Gasteiger partial charge in [0, 0.05) is 38.4 Å². The zero-order valence-corrected chi connectivity index (χ0v) is 20.0. The molecule has 0 N–H and O–H groups in total. The van der Waals surface area contributed by atoms with Crippen molar-refractivity contribution in [1.29, 1.82) is 0 Å². The third-order valence-corrected chi connectivity index (χ3v) is 6.34. The molecule has 0 spiro atoms. The smallest absolute Gasteiger partial charge is 0.168 e. The number of rotatable bonds is 9. The molecule has 0 radical (unpaired) electrons. The maximum Gasteiger partial charge on any atom is 0.168 e. The van der Waals surface area contributed by atoms with E-state index in [9.17, 15) is 0 Å². The van der Waals surface area contributed by atoms with Gasteiger partial charge in [0.25, 0.3) is 0 Å². The standard InChI is InChI=1S/C25H34N6O2/c1-19(2)24(30-16-14-29(15-17-30)21-8-6-5-7-9-21)25-26-27-28-31(25)13-12-20-10-11-22(32-3)23(18-20)33-4/h5-11,18-19,24H,12-17H2,1-4H3/t24-/m0/s1. The van der Waals surface area contributed by atoms with E-state index in [0.717, 1.165) is 55.5 Å². The van der Waals surface area contributed by atoms with Crippen LogP contribution in [0.5, 0.6) is 11.5 Å². The third kappa shape index (κ3) is 5.27. The van der Waals surface area contributed by atoms with Crippen LogP contribution in [-0.2, 0) is 13.0 Å². The first-order valence-electron chi connectivity index (χ1n) is 11.6. The molecular formula is C25H34N6O2. The topological polar surface area (TPSA) is 68.5 Å². The van der Waals surface area contributed by atoms with Gasteiger partial charge >= 0.3 is 0 Å². The number of aromatic nitrogens is 4. The van der Waals surface area contributed by atoms with Crippen LogP contribution >= 0.6 is 0 Å². The van der Waals surface area contributed by atoms with Crippen LogP contribution in [0.1, 0.15) is 31.3 Å². The second kappa shape index (κ2) is 10.7. The van der Waals surface area contributed by atoms with Crippen molar-refractivity contribution in [3.63, 3.8) is 0 Å². The zero-order valence-electron chi connectivity index (χ0n) is 20.0. The van der Waals surface area contributed by atoms with Crippen LogP contribution in [0.2, 0.25) is 0 Å². The molecule has 3 aromatic rings. The molecule has 1 aromatic heterocycles. The van der Waals surface area contributed by atoms with Gasteiger partial charge in [-0.25, -0.2) is 4.68 Å². The van der Waals surface area contributed by atoms with Crippen LogP contribution in [0.25, 0.3) is 0 Å². The van der Waals surface area contributed by atoms with Crippen molar-refractivity contribution in [2.75, 3.05) is 45.3 Å². The molecule has 0 saturated carbocycles. The molecule has 2 aromatic carbocycles. The van der Waals surface area contributed by atoms with Crippen molar-refractivity contribution in [1.82, 2.24) is 25.1 Å². The minimum absolute atomic E-state index is 0.184. The Morgan fingerprint density at radius 3 is 2.30 bits per heavy atom. The number of aryl methyl sites for hydroxylation is 2. The zero-order chi connectivity index (χ0) is 23.2. The summed E-state index contributed by atoms with van der Waals surface area (Å²) in [6.07, 6.45) is 0.811. The summed E-state index contributed by atoms with van der Waals surface area (Å²) < 4.78 is 12.8. The molecule has 1 fully saturated rings. The molecule has 0 unspecified atom stereocenters. The van der Waals surface area contributed by atoms with Gasteiger partial charge < -0.3 is 14.4 Å². The van der Waals surface area contributed by atoms with E-state index in [2.05, 4.69) is 75.6 Å². The average molecular weight is 451 g/mol. The molecule has 0 aliphatic carbocycles. The number of benzene rings is 2. The van der Waals surface area contributed by atoms with Crippen LogP contribution in [0.15, 0.2) is 48.5 Å². The number of nitrogens with zero attached hydrogens (tertiary/aromatic N) is 6. The van der Waals surface area contributed by atoms with E-state index in [0.29, 0.717) is 12.5 Å². The lowest BCUT2D eigenvalue weighted by atomic mass is 10.0. The molecule has 8 nitrogen and oxygen atoms in total. The van der Waals surface area contributed by atoms with E-state index >= 15 is 0 Å². The second-order valence-corrected chi connectivity index (χ2v) is 8.75. The monoisotopic (exact) mass is 450 g/mol. The SMILES string of the molecule is COc1ccc(CCn2nnnc2[C@H](C(C)C)N2CCN(c3ccccc3)CC2)cc1OC.